The Morgan fingerprint density at radius 1 is 1.44 bits per heavy atom. The minimum absolute atomic E-state index is 0.109. The van der Waals surface area contributed by atoms with E-state index < -0.39 is 12.0 Å². The van der Waals surface area contributed by atoms with Crippen molar-refractivity contribution in [3.05, 3.63) is 40.9 Å². The van der Waals surface area contributed by atoms with Crippen molar-refractivity contribution < 1.29 is 14.7 Å². The summed E-state index contributed by atoms with van der Waals surface area (Å²) in [4.78, 5) is 22.3. The average molecular weight is 269 g/mol. The van der Waals surface area contributed by atoms with Gasteiger partial charge in [-0.15, -0.1) is 0 Å². The van der Waals surface area contributed by atoms with Crippen molar-refractivity contribution in [3.8, 4) is 0 Å². The molecule has 0 atom stereocenters. The van der Waals surface area contributed by atoms with E-state index in [9.17, 15) is 9.59 Å². The first kappa shape index (κ1) is 14.1. The van der Waals surface area contributed by atoms with Crippen LogP contribution in [0.2, 0.25) is 0 Å². The Labute approximate surface area is 109 Å². The highest BCUT2D eigenvalue weighted by molar-refractivity contribution is 6.29. The van der Waals surface area contributed by atoms with E-state index in [0.717, 1.165) is 5.56 Å². The van der Waals surface area contributed by atoms with E-state index in [-0.39, 0.29) is 12.1 Å². The molecule has 2 amide bonds. The van der Waals surface area contributed by atoms with Gasteiger partial charge in [0.25, 0.3) is 0 Å². The van der Waals surface area contributed by atoms with Gasteiger partial charge in [-0.1, -0.05) is 24.2 Å². The SMILES string of the molecule is C=C(Cl)CNC(=O)Nc1cc(C(=O)O)ccc1C. The first-order valence-corrected chi connectivity index (χ1v) is 5.50. The van der Waals surface area contributed by atoms with E-state index in [1.807, 2.05) is 0 Å². The zero-order chi connectivity index (χ0) is 13.7. The van der Waals surface area contributed by atoms with Crippen LogP contribution in [0.25, 0.3) is 0 Å². The second-order valence-electron chi connectivity index (χ2n) is 3.66. The lowest BCUT2D eigenvalue weighted by atomic mass is 10.1. The van der Waals surface area contributed by atoms with Gasteiger partial charge in [0.2, 0.25) is 0 Å². The van der Waals surface area contributed by atoms with Gasteiger partial charge in [-0.2, -0.15) is 0 Å². The number of anilines is 1. The Morgan fingerprint density at radius 2 is 2.11 bits per heavy atom. The number of halogens is 1. The zero-order valence-electron chi connectivity index (χ0n) is 9.79. The van der Waals surface area contributed by atoms with Gasteiger partial charge in [-0.25, -0.2) is 9.59 Å². The summed E-state index contributed by atoms with van der Waals surface area (Å²) in [6.45, 7) is 5.34. The van der Waals surface area contributed by atoms with Crippen molar-refractivity contribution in [1.82, 2.24) is 5.32 Å². The highest BCUT2D eigenvalue weighted by Gasteiger charge is 2.08. The predicted octanol–water partition coefficient (Wildman–Crippen LogP) is 2.57. The standard InChI is InChI=1S/C12H13ClN2O3/c1-7-3-4-9(11(16)17)5-10(7)15-12(18)14-6-8(2)13/h3-5H,2,6H2,1H3,(H,16,17)(H2,14,15,18). The van der Waals surface area contributed by atoms with E-state index in [2.05, 4.69) is 17.2 Å². The molecule has 3 N–H and O–H groups in total. The second kappa shape index (κ2) is 6.07. The van der Waals surface area contributed by atoms with Crippen molar-refractivity contribution in [3.63, 3.8) is 0 Å². The summed E-state index contributed by atoms with van der Waals surface area (Å²) >= 11 is 5.51. The van der Waals surface area contributed by atoms with Crippen LogP contribution in [0.15, 0.2) is 29.8 Å². The topological polar surface area (TPSA) is 78.4 Å². The molecule has 96 valence electrons. The van der Waals surface area contributed by atoms with Crippen LogP contribution in [0.4, 0.5) is 10.5 Å². The van der Waals surface area contributed by atoms with Crippen LogP contribution in [0.1, 0.15) is 15.9 Å². The highest BCUT2D eigenvalue weighted by atomic mass is 35.5. The number of carbonyl (C=O) groups is 2. The molecule has 18 heavy (non-hydrogen) atoms. The smallest absolute Gasteiger partial charge is 0.335 e. The van der Waals surface area contributed by atoms with E-state index in [1.54, 1.807) is 13.0 Å². The molecule has 0 aromatic heterocycles. The lowest BCUT2D eigenvalue weighted by molar-refractivity contribution is 0.0697. The molecule has 5 nitrogen and oxygen atoms in total. The molecule has 0 spiro atoms. The fourth-order valence-electron chi connectivity index (χ4n) is 1.23. The number of urea groups is 1. The average Bonchev–Trinajstić information content (AvgIpc) is 2.29. The highest BCUT2D eigenvalue weighted by Crippen LogP contribution is 2.16. The van der Waals surface area contributed by atoms with Crippen molar-refractivity contribution in [1.29, 1.82) is 0 Å². The predicted molar refractivity (Wildman–Crippen MR) is 70.2 cm³/mol. The summed E-state index contributed by atoms with van der Waals surface area (Å²) in [6, 6.07) is 4.02. The minimum atomic E-state index is -1.05. The molecule has 1 aromatic rings. The number of rotatable bonds is 4. The van der Waals surface area contributed by atoms with Gasteiger partial charge in [0.1, 0.15) is 0 Å². The van der Waals surface area contributed by atoms with E-state index in [0.29, 0.717) is 10.7 Å². The maximum Gasteiger partial charge on any atom is 0.335 e. The largest absolute Gasteiger partial charge is 0.478 e. The van der Waals surface area contributed by atoms with Crippen LogP contribution in [0.3, 0.4) is 0 Å². The summed E-state index contributed by atoms with van der Waals surface area (Å²) in [5.41, 5.74) is 1.31. The summed E-state index contributed by atoms with van der Waals surface area (Å²) in [5.74, 6) is -1.05. The van der Waals surface area contributed by atoms with Gasteiger partial charge >= 0.3 is 12.0 Å². The quantitative estimate of drug-likeness (QED) is 0.785. The van der Waals surface area contributed by atoms with E-state index in [1.165, 1.54) is 12.1 Å². The van der Waals surface area contributed by atoms with Gasteiger partial charge in [0, 0.05) is 10.7 Å². The van der Waals surface area contributed by atoms with Gasteiger partial charge < -0.3 is 15.7 Å². The fraction of sp³-hybridized carbons (Fsp3) is 0.167. The molecule has 0 aliphatic heterocycles. The molecule has 0 aliphatic rings. The van der Waals surface area contributed by atoms with E-state index >= 15 is 0 Å². The molecule has 0 saturated heterocycles. The summed E-state index contributed by atoms with van der Waals surface area (Å²) < 4.78 is 0. The van der Waals surface area contributed by atoms with Crippen LogP contribution in [0.5, 0.6) is 0 Å². The molecule has 1 rings (SSSR count). The molecule has 1 aromatic carbocycles. The van der Waals surface area contributed by atoms with Crippen LogP contribution in [-0.4, -0.2) is 23.7 Å². The lowest BCUT2D eigenvalue weighted by Gasteiger charge is -2.10. The number of aryl methyl sites for hydroxylation is 1. The summed E-state index contributed by atoms with van der Waals surface area (Å²) in [7, 11) is 0. The molecular formula is C12H13ClN2O3. The minimum Gasteiger partial charge on any atom is -0.478 e. The van der Waals surface area contributed by atoms with Gasteiger partial charge in [-0.3, -0.25) is 0 Å². The Balaban J connectivity index is 2.77. The summed E-state index contributed by atoms with van der Waals surface area (Å²) in [5, 5.41) is 14.2. The Morgan fingerprint density at radius 3 is 2.67 bits per heavy atom. The van der Waals surface area contributed by atoms with Crippen molar-refractivity contribution in [2.45, 2.75) is 6.92 Å². The number of hydrogen-bond donors (Lipinski definition) is 3. The second-order valence-corrected chi connectivity index (χ2v) is 4.19. The number of carboxylic acid groups (broad SMARTS) is 1. The summed E-state index contributed by atoms with van der Waals surface area (Å²) in [6.07, 6.45) is 0. The lowest BCUT2D eigenvalue weighted by Crippen LogP contribution is -2.29. The van der Waals surface area contributed by atoms with Crippen molar-refractivity contribution in [2.24, 2.45) is 0 Å². The van der Waals surface area contributed by atoms with Gasteiger partial charge in [-0.05, 0) is 24.6 Å². The van der Waals surface area contributed by atoms with E-state index in [4.69, 9.17) is 16.7 Å². The maximum absolute atomic E-state index is 11.5. The molecule has 0 unspecified atom stereocenters. The van der Waals surface area contributed by atoms with Crippen molar-refractivity contribution >= 4 is 29.3 Å². The Bertz CT molecular complexity index is 500. The Kier molecular flexibility index (Phi) is 4.74. The molecule has 0 aliphatic carbocycles. The third-order valence-electron chi connectivity index (χ3n) is 2.17. The molecule has 0 saturated carbocycles. The number of carbonyl (C=O) groups excluding carboxylic acids is 1. The molecule has 0 bridgehead atoms. The number of aromatic carboxylic acids is 1. The molecule has 6 heteroatoms. The zero-order valence-corrected chi connectivity index (χ0v) is 10.5. The van der Waals surface area contributed by atoms with Crippen LogP contribution in [0, 0.1) is 6.92 Å². The fourth-order valence-corrected chi connectivity index (χ4v) is 1.30. The first-order chi connectivity index (χ1) is 8.40. The number of hydrogen-bond acceptors (Lipinski definition) is 2. The van der Waals surface area contributed by atoms with Crippen LogP contribution >= 0.6 is 11.6 Å². The normalized spacial score (nSPS) is 9.67. The molecule has 0 radical (unpaired) electrons. The van der Waals surface area contributed by atoms with Crippen LogP contribution in [-0.2, 0) is 0 Å². The third kappa shape index (κ3) is 4.10. The Hall–Kier alpha value is -2.01. The van der Waals surface area contributed by atoms with Gasteiger partial charge in [0.15, 0.2) is 0 Å². The van der Waals surface area contributed by atoms with Crippen LogP contribution < -0.4 is 10.6 Å². The number of amides is 2. The maximum atomic E-state index is 11.5. The molecular weight excluding hydrogens is 256 g/mol. The first-order valence-electron chi connectivity index (χ1n) is 5.12. The number of carboxylic acids is 1. The monoisotopic (exact) mass is 268 g/mol. The third-order valence-corrected chi connectivity index (χ3v) is 2.31. The van der Waals surface area contributed by atoms with Crippen molar-refractivity contribution in [2.75, 3.05) is 11.9 Å². The molecule has 0 heterocycles. The molecule has 0 fully saturated rings. The number of nitrogens with one attached hydrogen (secondary N) is 2. The number of benzene rings is 1. The van der Waals surface area contributed by atoms with Gasteiger partial charge in [0.05, 0.1) is 12.1 Å².